The van der Waals surface area contributed by atoms with E-state index in [2.05, 4.69) is 33.0 Å². The third-order valence-electron chi connectivity index (χ3n) is 5.24. The Kier molecular flexibility index (Phi) is 4.04. The molecule has 3 nitrogen and oxygen atoms in total. The van der Waals surface area contributed by atoms with E-state index in [1.807, 2.05) is 0 Å². The summed E-state index contributed by atoms with van der Waals surface area (Å²) in [6.45, 7) is 11.3. The SMILES string of the molecule is CC(C)c1nc(C2CCC(C)(C)CC2)nc2c1CCNC2. The summed E-state index contributed by atoms with van der Waals surface area (Å²) in [7, 11) is 0. The lowest BCUT2D eigenvalue weighted by Crippen LogP contribution is -2.29. The molecule has 0 radical (unpaired) electrons. The van der Waals surface area contributed by atoms with Crippen molar-refractivity contribution in [3.8, 4) is 0 Å². The molecule has 1 aromatic rings. The molecule has 1 aliphatic heterocycles. The van der Waals surface area contributed by atoms with Crippen LogP contribution in [0.4, 0.5) is 0 Å². The van der Waals surface area contributed by atoms with Gasteiger partial charge in [0.1, 0.15) is 5.82 Å². The molecule has 3 heteroatoms. The number of rotatable bonds is 2. The van der Waals surface area contributed by atoms with Gasteiger partial charge in [0.15, 0.2) is 0 Å². The van der Waals surface area contributed by atoms with Gasteiger partial charge < -0.3 is 5.32 Å². The minimum atomic E-state index is 0.499. The van der Waals surface area contributed by atoms with Gasteiger partial charge in [-0.3, -0.25) is 0 Å². The molecule has 1 fully saturated rings. The van der Waals surface area contributed by atoms with Gasteiger partial charge in [-0.2, -0.15) is 0 Å². The fourth-order valence-corrected chi connectivity index (χ4v) is 3.73. The van der Waals surface area contributed by atoms with Gasteiger partial charge in [0.05, 0.1) is 11.4 Å². The van der Waals surface area contributed by atoms with E-state index >= 15 is 0 Å². The highest BCUT2D eigenvalue weighted by atomic mass is 15.0. The quantitative estimate of drug-likeness (QED) is 0.895. The van der Waals surface area contributed by atoms with Crippen LogP contribution in [0.2, 0.25) is 0 Å². The molecule has 2 heterocycles. The normalized spacial score (nSPS) is 22.3. The monoisotopic (exact) mass is 287 g/mol. The Hall–Kier alpha value is -0.960. The van der Waals surface area contributed by atoms with Crippen molar-refractivity contribution in [1.82, 2.24) is 15.3 Å². The predicted molar refractivity (Wildman–Crippen MR) is 86.5 cm³/mol. The van der Waals surface area contributed by atoms with E-state index in [1.54, 1.807) is 0 Å². The van der Waals surface area contributed by atoms with E-state index in [-0.39, 0.29) is 0 Å². The largest absolute Gasteiger partial charge is 0.311 e. The van der Waals surface area contributed by atoms with Crippen LogP contribution in [-0.4, -0.2) is 16.5 Å². The third-order valence-corrected chi connectivity index (χ3v) is 5.24. The Bertz CT molecular complexity index is 509. The molecular weight excluding hydrogens is 258 g/mol. The zero-order valence-corrected chi connectivity index (χ0v) is 14.0. The zero-order chi connectivity index (χ0) is 15.0. The average molecular weight is 287 g/mol. The Morgan fingerprint density at radius 2 is 1.86 bits per heavy atom. The molecule has 1 aromatic heterocycles. The summed E-state index contributed by atoms with van der Waals surface area (Å²) in [5.74, 6) is 2.19. The van der Waals surface area contributed by atoms with E-state index in [4.69, 9.17) is 9.97 Å². The van der Waals surface area contributed by atoms with Gasteiger partial charge in [0, 0.05) is 12.5 Å². The Labute approximate surface area is 129 Å². The van der Waals surface area contributed by atoms with Crippen molar-refractivity contribution >= 4 is 0 Å². The van der Waals surface area contributed by atoms with Crippen molar-refractivity contribution in [1.29, 1.82) is 0 Å². The molecule has 0 spiro atoms. The third kappa shape index (κ3) is 3.13. The van der Waals surface area contributed by atoms with Crippen LogP contribution in [0.5, 0.6) is 0 Å². The Morgan fingerprint density at radius 3 is 2.52 bits per heavy atom. The van der Waals surface area contributed by atoms with Crippen LogP contribution in [0.1, 0.15) is 88.0 Å². The molecule has 1 saturated carbocycles. The minimum absolute atomic E-state index is 0.499. The minimum Gasteiger partial charge on any atom is -0.311 e. The van der Waals surface area contributed by atoms with Gasteiger partial charge in [-0.15, -0.1) is 0 Å². The van der Waals surface area contributed by atoms with Crippen LogP contribution in [-0.2, 0) is 13.0 Å². The maximum Gasteiger partial charge on any atom is 0.132 e. The van der Waals surface area contributed by atoms with Crippen LogP contribution in [0.25, 0.3) is 0 Å². The summed E-state index contributed by atoms with van der Waals surface area (Å²) in [6, 6.07) is 0. The Morgan fingerprint density at radius 1 is 1.14 bits per heavy atom. The van der Waals surface area contributed by atoms with Crippen LogP contribution in [0, 0.1) is 5.41 Å². The zero-order valence-electron chi connectivity index (χ0n) is 14.0. The van der Waals surface area contributed by atoms with E-state index in [9.17, 15) is 0 Å². The molecule has 116 valence electrons. The fraction of sp³-hybridized carbons (Fsp3) is 0.778. The first-order chi connectivity index (χ1) is 9.96. The molecule has 2 aliphatic rings. The van der Waals surface area contributed by atoms with Crippen molar-refractivity contribution in [3.05, 3.63) is 22.8 Å². The molecule has 21 heavy (non-hydrogen) atoms. The number of nitrogens with one attached hydrogen (secondary N) is 1. The van der Waals surface area contributed by atoms with Crippen molar-refractivity contribution in [2.45, 2.75) is 78.2 Å². The second-order valence-electron chi connectivity index (χ2n) is 7.91. The van der Waals surface area contributed by atoms with E-state index in [0.717, 1.165) is 25.3 Å². The lowest BCUT2D eigenvalue weighted by atomic mass is 9.73. The predicted octanol–water partition coefficient (Wildman–Crippen LogP) is 3.93. The smallest absolute Gasteiger partial charge is 0.132 e. The molecule has 3 rings (SSSR count). The molecular formula is C18H29N3. The molecule has 1 N–H and O–H groups in total. The first kappa shape index (κ1) is 15.0. The number of fused-ring (bicyclic) bond motifs is 1. The average Bonchev–Trinajstić information content (AvgIpc) is 2.46. The second-order valence-corrected chi connectivity index (χ2v) is 7.91. The molecule has 0 aromatic carbocycles. The van der Waals surface area contributed by atoms with Crippen molar-refractivity contribution in [3.63, 3.8) is 0 Å². The van der Waals surface area contributed by atoms with E-state index in [1.165, 1.54) is 42.6 Å². The first-order valence-electron chi connectivity index (χ1n) is 8.56. The van der Waals surface area contributed by atoms with Crippen LogP contribution >= 0.6 is 0 Å². The van der Waals surface area contributed by atoms with Gasteiger partial charge >= 0.3 is 0 Å². The highest BCUT2D eigenvalue weighted by molar-refractivity contribution is 5.31. The molecule has 1 aliphatic carbocycles. The van der Waals surface area contributed by atoms with Gasteiger partial charge in [-0.05, 0) is 55.5 Å². The molecule has 0 atom stereocenters. The molecule has 0 unspecified atom stereocenters. The van der Waals surface area contributed by atoms with Crippen molar-refractivity contribution < 1.29 is 0 Å². The molecule has 0 amide bonds. The summed E-state index contributed by atoms with van der Waals surface area (Å²) in [6.07, 6.45) is 6.18. The standard InChI is InChI=1S/C18H29N3/c1-12(2)16-14-7-10-19-11-15(14)20-17(21-16)13-5-8-18(3,4)9-6-13/h12-13,19H,5-11H2,1-4H3. The van der Waals surface area contributed by atoms with Gasteiger partial charge in [-0.25, -0.2) is 9.97 Å². The van der Waals surface area contributed by atoms with Crippen molar-refractivity contribution in [2.75, 3.05) is 6.54 Å². The molecule has 0 bridgehead atoms. The summed E-state index contributed by atoms with van der Waals surface area (Å²) < 4.78 is 0. The second kappa shape index (κ2) is 5.68. The fourth-order valence-electron chi connectivity index (χ4n) is 3.73. The van der Waals surface area contributed by atoms with E-state index < -0.39 is 0 Å². The maximum absolute atomic E-state index is 5.02. The summed E-state index contributed by atoms with van der Waals surface area (Å²) in [4.78, 5) is 9.97. The molecule has 0 saturated heterocycles. The maximum atomic E-state index is 5.02. The summed E-state index contributed by atoms with van der Waals surface area (Å²) in [5, 5.41) is 3.46. The van der Waals surface area contributed by atoms with Gasteiger partial charge in [0.2, 0.25) is 0 Å². The Balaban J connectivity index is 1.91. The van der Waals surface area contributed by atoms with Gasteiger partial charge in [0.25, 0.3) is 0 Å². The van der Waals surface area contributed by atoms with Crippen LogP contribution < -0.4 is 5.32 Å². The van der Waals surface area contributed by atoms with Gasteiger partial charge in [-0.1, -0.05) is 27.7 Å². The van der Waals surface area contributed by atoms with Crippen LogP contribution in [0.3, 0.4) is 0 Å². The highest BCUT2D eigenvalue weighted by Gasteiger charge is 2.30. The number of nitrogens with zero attached hydrogens (tertiary/aromatic N) is 2. The number of hydrogen-bond acceptors (Lipinski definition) is 3. The summed E-state index contributed by atoms with van der Waals surface area (Å²) >= 11 is 0. The number of hydrogen-bond donors (Lipinski definition) is 1. The summed E-state index contributed by atoms with van der Waals surface area (Å²) in [5.41, 5.74) is 4.50. The lowest BCUT2D eigenvalue weighted by Gasteiger charge is -2.34. The first-order valence-corrected chi connectivity index (χ1v) is 8.56. The lowest BCUT2D eigenvalue weighted by molar-refractivity contribution is 0.220. The van der Waals surface area contributed by atoms with Crippen molar-refractivity contribution in [2.24, 2.45) is 5.41 Å². The highest BCUT2D eigenvalue weighted by Crippen LogP contribution is 2.42. The van der Waals surface area contributed by atoms with E-state index in [0.29, 0.717) is 17.3 Å². The van der Waals surface area contributed by atoms with Crippen LogP contribution in [0.15, 0.2) is 0 Å². The topological polar surface area (TPSA) is 37.8 Å². The number of aromatic nitrogens is 2.